The Balaban J connectivity index is 1.82. The molecule has 9 heteroatoms. The highest BCUT2D eigenvalue weighted by Gasteiger charge is 2.37. The number of rotatable bonds is 4. The molecule has 27 heavy (non-hydrogen) atoms. The second-order valence-corrected chi connectivity index (χ2v) is 8.16. The fraction of sp³-hybridized carbons (Fsp3) is 0.222. The summed E-state index contributed by atoms with van der Waals surface area (Å²) in [5, 5.41) is 9.03. The third-order valence-corrected chi connectivity index (χ3v) is 6.11. The number of sulfonamides is 1. The number of nitrogens with zero attached hydrogens (tertiary/aromatic N) is 3. The Bertz CT molecular complexity index is 1030. The molecule has 0 spiro atoms. The van der Waals surface area contributed by atoms with Crippen LogP contribution in [0.5, 0.6) is 5.75 Å². The highest BCUT2D eigenvalue weighted by Crippen LogP contribution is 2.28. The molecule has 6 nitrogen and oxygen atoms in total. The highest BCUT2D eigenvalue weighted by molar-refractivity contribution is 7.89. The van der Waals surface area contributed by atoms with Crippen LogP contribution in [0.4, 0.5) is 4.39 Å². The van der Waals surface area contributed by atoms with Crippen LogP contribution in [0.25, 0.3) is 0 Å². The van der Waals surface area contributed by atoms with Gasteiger partial charge in [-0.25, -0.2) is 17.8 Å². The third-order valence-electron chi connectivity index (χ3n) is 4.16. The third kappa shape index (κ3) is 3.95. The number of pyridine rings is 1. The maximum absolute atomic E-state index is 13.8. The maximum atomic E-state index is 13.8. The van der Waals surface area contributed by atoms with E-state index < -0.39 is 21.9 Å². The van der Waals surface area contributed by atoms with Crippen LogP contribution in [0, 0.1) is 17.1 Å². The van der Waals surface area contributed by atoms with Gasteiger partial charge in [0, 0.05) is 18.8 Å². The number of benzene rings is 1. The molecule has 0 unspecified atom stereocenters. The Morgan fingerprint density at radius 1 is 1.41 bits per heavy atom. The summed E-state index contributed by atoms with van der Waals surface area (Å²) in [6.45, 7) is 1.99. The molecule has 1 aliphatic heterocycles. The summed E-state index contributed by atoms with van der Waals surface area (Å²) in [6, 6.07) is 8.46. The SMILES string of the molecule is C/C=C1\CN(S(=O)(=O)c2ccc(Cl)cn2)C[C@@H]1Oc1ccc(C#N)c(F)c1. The van der Waals surface area contributed by atoms with E-state index in [1.807, 2.05) is 0 Å². The van der Waals surface area contributed by atoms with Gasteiger partial charge in [-0.2, -0.15) is 9.57 Å². The molecule has 1 fully saturated rings. The lowest BCUT2D eigenvalue weighted by Gasteiger charge is -2.16. The van der Waals surface area contributed by atoms with E-state index in [2.05, 4.69) is 4.98 Å². The minimum atomic E-state index is -3.82. The summed E-state index contributed by atoms with van der Waals surface area (Å²) in [6.07, 6.45) is 2.48. The number of ether oxygens (including phenoxy) is 1. The van der Waals surface area contributed by atoms with E-state index in [1.165, 1.54) is 34.8 Å². The molecular weight excluding hydrogens is 393 g/mol. The quantitative estimate of drug-likeness (QED) is 0.727. The monoisotopic (exact) mass is 407 g/mol. The van der Waals surface area contributed by atoms with Crippen molar-refractivity contribution in [3.8, 4) is 11.8 Å². The van der Waals surface area contributed by atoms with Crippen molar-refractivity contribution >= 4 is 21.6 Å². The van der Waals surface area contributed by atoms with Gasteiger partial charge in [0.2, 0.25) is 0 Å². The van der Waals surface area contributed by atoms with E-state index in [0.29, 0.717) is 5.02 Å². The van der Waals surface area contributed by atoms with Gasteiger partial charge >= 0.3 is 0 Å². The fourth-order valence-electron chi connectivity index (χ4n) is 2.72. The van der Waals surface area contributed by atoms with Crippen LogP contribution in [0.15, 0.2) is 53.2 Å². The summed E-state index contributed by atoms with van der Waals surface area (Å²) >= 11 is 5.76. The first-order valence-corrected chi connectivity index (χ1v) is 9.80. The minimum Gasteiger partial charge on any atom is -0.485 e. The molecular formula is C18H15ClFN3O3S. The van der Waals surface area contributed by atoms with E-state index in [-0.39, 0.29) is 29.4 Å². The highest BCUT2D eigenvalue weighted by atomic mass is 35.5. The summed E-state index contributed by atoms with van der Waals surface area (Å²) < 4.78 is 46.4. The van der Waals surface area contributed by atoms with Crippen molar-refractivity contribution in [1.29, 1.82) is 5.26 Å². The summed E-state index contributed by atoms with van der Waals surface area (Å²) in [4.78, 5) is 3.88. The van der Waals surface area contributed by atoms with Gasteiger partial charge < -0.3 is 4.74 Å². The van der Waals surface area contributed by atoms with Crippen molar-refractivity contribution in [3.05, 3.63) is 64.6 Å². The molecule has 2 heterocycles. The second-order valence-electron chi connectivity index (χ2n) is 5.84. The molecule has 0 aliphatic carbocycles. The van der Waals surface area contributed by atoms with Gasteiger partial charge in [0.05, 0.1) is 17.1 Å². The number of aromatic nitrogens is 1. The molecule has 2 aromatic rings. The van der Waals surface area contributed by atoms with Crippen LogP contribution >= 0.6 is 11.6 Å². The Morgan fingerprint density at radius 2 is 2.19 bits per heavy atom. The van der Waals surface area contributed by atoms with Crippen LogP contribution in [0.3, 0.4) is 0 Å². The summed E-state index contributed by atoms with van der Waals surface area (Å²) in [5.41, 5.74) is 0.662. The smallest absolute Gasteiger partial charge is 0.260 e. The largest absolute Gasteiger partial charge is 0.485 e. The van der Waals surface area contributed by atoms with Crippen molar-refractivity contribution in [2.75, 3.05) is 13.1 Å². The van der Waals surface area contributed by atoms with Crippen molar-refractivity contribution < 1.29 is 17.5 Å². The van der Waals surface area contributed by atoms with E-state index in [1.54, 1.807) is 19.1 Å². The van der Waals surface area contributed by atoms with Gasteiger partial charge in [-0.1, -0.05) is 17.7 Å². The standard InChI is InChI=1S/C18H15ClFN3O3S/c1-2-12-10-23(27(24,25)18-6-4-14(19)9-22-18)11-17(12)26-15-5-3-13(8-21)16(20)7-15/h2-7,9,17H,10-11H2,1H3/b12-2+/t17-/m0/s1. The van der Waals surface area contributed by atoms with Gasteiger partial charge in [-0.3, -0.25) is 0 Å². The number of nitriles is 1. The molecule has 140 valence electrons. The number of hydrogen-bond acceptors (Lipinski definition) is 5. The van der Waals surface area contributed by atoms with Crippen molar-refractivity contribution in [1.82, 2.24) is 9.29 Å². The molecule has 0 radical (unpaired) electrons. The second kappa shape index (κ2) is 7.64. The first-order chi connectivity index (χ1) is 12.8. The van der Waals surface area contributed by atoms with E-state index in [0.717, 1.165) is 11.6 Å². The van der Waals surface area contributed by atoms with Crippen LogP contribution in [-0.2, 0) is 10.0 Å². The maximum Gasteiger partial charge on any atom is 0.260 e. The van der Waals surface area contributed by atoms with Gasteiger partial charge in [0.25, 0.3) is 10.0 Å². The van der Waals surface area contributed by atoms with Gasteiger partial charge in [-0.05, 0) is 36.8 Å². The lowest BCUT2D eigenvalue weighted by Crippen LogP contribution is -2.31. The molecule has 0 saturated carbocycles. The Hall–Kier alpha value is -2.47. The summed E-state index contributed by atoms with van der Waals surface area (Å²) in [5.74, 6) is -0.468. The molecule has 1 aliphatic rings. The fourth-order valence-corrected chi connectivity index (χ4v) is 4.17. The van der Waals surface area contributed by atoms with Gasteiger partial charge in [-0.15, -0.1) is 0 Å². The topological polar surface area (TPSA) is 83.3 Å². The Kier molecular flexibility index (Phi) is 5.46. The average molecular weight is 408 g/mol. The van der Waals surface area contributed by atoms with Crippen LogP contribution in [0.1, 0.15) is 12.5 Å². The first-order valence-electron chi connectivity index (χ1n) is 7.98. The molecule has 3 rings (SSSR count). The van der Waals surface area contributed by atoms with Gasteiger partial charge in [0.1, 0.15) is 23.7 Å². The molecule has 1 atom stereocenters. The Labute approximate surface area is 161 Å². The zero-order valence-electron chi connectivity index (χ0n) is 14.3. The zero-order valence-corrected chi connectivity index (χ0v) is 15.8. The van der Waals surface area contributed by atoms with Crippen LogP contribution in [-0.4, -0.2) is 36.9 Å². The average Bonchev–Trinajstić information content (AvgIpc) is 3.06. The predicted molar refractivity (Wildman–Crippen MR) is 97.3 cm³/mol. The normalized spacial score (nSPS) is 19.2. The molecule has 1 saturated heterocycles. The summed E-state index contributed by atoms with van der Waals surface area (Å²) in [7, 11) is -3.82. The van der Waals surface area contributed by atoms with Crippen molar-refractivity contribution in [2.45, 2.75) is 18.1 Å². The molecule has 0 bridgehead atoms. The molecule has 0 amide bonds. The number of halogens is 2. The zero-order chi connectivity index (χ0) is 19.6. The first kappa shape index (κ1) is 19.3. The molecule has 1 aromatic carbocycles. The number of hydrogen-bond donors (Lipinski definition) is 0. The minimum absolute atomic E-state index is 0.0634. The number of allylic oxidation sites excluding steroid dienone is 1. The van der Waals surface area contributed by atoms with Crippen LogP contribution in [0.2, 0.25) is 5.02 Å². The molecule has 1 aromatic heterocycles. The van der Waals surface area contributed by atoms with E-state index >= 15 is 0 Å². The van der Waals surface area contributed by atoms with E-state index in [4.69, 9.17) is 21.6 Å². The van der Waals surface area contributed by atoms with Crippen molar-refractivity contribution in [3.63, 3.8) is 0 Å². The van der Waals surface area contributed by atoms with E-state index in [9.17, 15) is 12.8 Å². The predicted octanol–water partition coefficient (Wildman–Crippen LogP) is 3.14. The van der Waals surface area contributed by atoms with Crippen molar-refractivity contribution in [2.24, 2.45) is 0 Å². The lowest BCUT2D eigenvalue weighted by molar-refractivity contribution is 0.240. The Morgan fingerprint density at radius 3 is 2.78 bits per heavy atom. The van der Waals surface area contributed by atoms with Crippen LogP contribution < -0.4 is 4.74 Å². The van der Waals surface area contributed by atoms with Gasteiger partial charge in [0.15, 0.2) is 5.03 Å². The molecule has 0 N–H and O–H groups in total. The lowest BCUT2D eigenvalue weighted by atomic mass is 10.2.